The molecule has 0 spiro atoms. The van der Waals surface area contributed by atoms with Gasteiger partial charge in [0.25, 0.3) is 0 Å². The van der Waals surface area contributed by atoms with Crippen molar-refractivity contribution >= 4 is 0 Å². The second kappa shape index (κ2) is 5.24. The fraction of sp³-hybridized carbons (Fsp3) is 0.333. The summed E-state index contributed by atoms with van der Waals surface area (Å²) in [6.07, 6.45) is -8.38. The molecule has 0 heterocycles. The van der Waals surface area contributed by atoms with Gasteiger partial charge in [-0.2, -0.15) is 26.3 Å². The van der Waals surface area contributed by atoms with Crippen LogP contribution in [0.4, 0.5) is 26.3 Å². The highest BCUT2D eigenvalue weighted by molar-refractivity contribution is 5.37. The van der Waals surface area contributed by atoms with Crippen LogP contribution in [-0.4, -0.2) is 0 Å². The van der Waals surface area contributed by atoms with Gasteiger partial charge in [-0.3, -0.25) is 0 Å². The molecule has 1 aromatic rings. The van der Waals surface area contributed by atoms with E-state index >= 15 is 0 Å². The van der Waals surface area contributed by atoms with Crippen LogP contribution in [0.1, 0.15) is 29.2 Å². The lowest BCUT2D eigenvalue weighted by Crippen LogP contribution is -2.19. The average Bonchev–Trinajstić information content (AvgIpc) is 2.26. The van der Waals surface area contributed by atoms with Gasteiger partial charge in [0.05, 0.1) is 11.1 Å². The van der Waals surface area contributed by atoms with Gasteiger partial charge in [0.2, 0.25) is 0 Å². The zero-order chi connectivity index (χ0) is 14.8. The molecular weight excluding hydrogens is 272 g/mol. The van der Waals surface area contributed by atoms with Crippen LogP contribution in [0.2, 0.25) is 0 Å². The third kappa shape index (κ3) is 3.73. The van der Waals surface area contributed by atoms with Crippen molar-refractivity contribution in [1.29, 1.82) is 0 Å². The van der Waals surface area contributed by atoms with E-state index in [-0.39, 0.29) is 18.1 Å². The van der Waals surface area contributed by atoms with Gasteiger partial charge in [-0.1, -0.05) is 12.1 Å². The molecule has 1 atom stereocenters. The first kappa shape index (κ1) is 15.6. The summed E-state index contributed by atoms with van der Waals surface area (Å²) in [5, 5.41) is 0. The molecule has 1 rings (SSSR count). The van der Waals surface area contributed by atoms with Crippen LogP contribution >= 0.6 is 0 Å². The lowest BCUT2D eigenvalue weighted by Gasteiger charge is -2.19. The number of hydrogen-bond acceptors (Lipinski definition) is 1. The molecular formula is C12H11F6N. The molecule has 2 N–H and O–H groups in total. The van der Waals surface area contributed by atoms with Crippen LogP contribution < -0.4 is 5.73 Å². The Morgan fingerprint density at radius 1 is 1.11 bits per heavy atom. The topological polar surface area (TPSA) is 26.0 Å². The van der Waals surface area contributed by atoms with Crippen molar-refractivity contribution in [2.75, 3.05) is 0 Å². The van der Waals surface area contributed by atoms with E-state index in [0.29, 0.717) is 6.07 Å². The maximum atomic E-state index is 12.8. The van der Waals surface area contributed by atoms with E-state index in [4.69, 9.17) is 5.73 Å². The number of nitrogens with two attached hydrogens (primary N) is 1. The van der Waals surface area contributed by atoms with E-state index in [9.17, 15) is 26.3 Å². The smallest absolute Gasteiger partial charge is 0.324 e. The molecule has 0 saturated carbocycles. The summed E-state index contributed by atoms with van der Waals surface area (Å²) in [6.45, 7) is 3.33. The molecule has 0 bridgehead atoms. The quantitative estimate of drug-likeness (QED) is 0.649. The van der Waals surface area contributed by atoms with Crippen molar-refractivity contribution in [3.8, 4) is 0 Å². The number of benzene rings is 1. The van der Waals surface area contributed by atoms with Crippen molar-refractivity contribution in [2.24, 2.45) is 5.73 Å². The Morgan fingerprint density at radius 2 is 1.68 bits per heavy atom. The molecule has 0 saturated heterocycles. The molecule has 0 radical (unpaired) electrons. The fourth-order valence-corrected chi connectivity index (χ4v) is 1.61. The Morgan fingerprint density at radius 3 is 2.11 bits per heavy atom. The normalized spacial score (nSPS) is 14.3. The molecule has 0 aliphatic rings. The average molecular weight is 283 g/mol. The maximum Gasteiger partial charge on any atom is 0.416 e. The number of hydrogen-bond donors (Lipinski definition) is 1. The SMILES string of the molecule is C=CC[C@H](N)c1ccc(C(F)(F)F)cc1C(F)(F)F. The van der Waals surface area contributed by atoms with Crippen LogP contribution in [0.15, 0.2) is 30.9 Å². The van der Waals surface area contributed by atoms with Gasteiger partial charge < -0.3 is 5.73 Å². The van der Waals surface area contributed by atoms with Crippen molar-refractivity contribution in [3.63, 3.8) is 0 Å². The summed E-state index contributed by atoms with van der Waals surface area (Å²) in [5.74, 6) is 0. The van der Waals surface area contributed by atoms with Crippen LogP contribution in [0, 0.1) is 0 Å². The molecule has 106 valence electrons. The molecule has 19 heavy (non-hydrogen) atoms. The minimum atomic E-state index is -4.89. The Bertz CT molecular complexity index is 460. The monoisotopic (exact) mass is 283 g/mol. The Kier molecular flexibility index (Phi) is 4.29. The number of alkyl halides is 6. The minimum Gasteiger partial charge on any atom is -0.324 e. The van der Waals surface area contributed by atoms with Crippen molar-refractivity contribution in [2.45, 2.75) is 24.8 Å². The number of halogens is 6. The van der Waals surface area contributed by atoms with Crippen LogP contribution in [0.25, 0.3) is 0 Å². The van der Waals surface area contributed by atoms with Crippen molar-refractivity contribution in [1.82, 2.24) is 0 Å². The van der Waals surface area contributed by atoms with Crippen LogP contribution in [0.5, 0.6) is 0 Å². The molecule has 0 amide bonds. The van der Waals surface area contributed by atoms with Gasteiger partial charge in [0.15, 0.2) is 0 Å². The predicted molar refractivity (Wildman–Crippen MR) is 58.2 cm³/mol. The number of rotatable bonds is 3. The Labute approximate surface area is 105 Å². The van der Waals surface area contributed by atoms with E-state index in [1.54, 1.807) is 0 Å². The molecule has 7 heteroatoms. The third-order valence-electron chi connectivity index (χ3n) is 2.51. The van der Waals surface area contributed by atoms with Gasteiger partial charge in [-0.15, -0.1) is 6.58 Å². The predicted octanol–water partition coefficient (Wildman–Crippen LogP) is 4.30. The largest absolute Gasteiger partial charge is 0.416 e. The fourth-order valence-electron chi connectivity index (χ4n) is 1.61. The lowest BCUT2D eigenvalue weighted by atomic mass is 9.96. The minimum absolute atomic E-state index is 0.0362. The van der Waals surface area contributed by atoms with Crippen molar-refractivity contribution < 1.29 is 26.3 Å². The van der Waals surface area contributed by atoms with E-state index < -0.39 is 29.5 Å². The first-order valence-corrected chi connectivity index (χ1v) is 5.22. The highest BCUT2D eigenvalue weighted by atomic mass is 19.4. The summed E-state index contributed by atoms with van der Waals surface area (Å²) < 4.78 is 75.6. The summed E-state index contributed by atoms with van der Waals surface area (Å²) in [4.78, 5) is 0. The zero-order valence-corrected chi connectivity index (χ0v) is 9.65. The standard InChI is InChI=1S/C12H11F6N/c1-2-3-10(19)8-5-4-7(11(13,14)15)6-9(8)12(16,17)18/h2,4-6,10H,1,3,19H2/t10-/m0/s1. The van der Waals surface area contributed by atoms with E-state index in [1.807, 2.05) is 0 Å². The summed E-state index contributed by atoms with van der Waals surface area (Å²) in [5.41, 5.74) is 2.42. The third-order valence-corrected chi connectivity index (χ3v) is 2.51. The van der Waals surface area contributed by atoms with E-state index in [2.05, 4.69) is 6.58 Å². The maximum absolute atomic E-state index is 12.8. The molecule has 0 unspecified atom stereocenters. The van der Waals surface area contributed by atoms with E-state index in [1.165, 1.54) is 6.08 Å². The van der Waals surface area contributed by atoms with Gasteiger partial charge in [0.1, 0.15) is 0 Å². The lowest BCUT2D eigenvalue weighted by molar-refractivity contribution is -0.143. The Balaban J connectivity index is 3.37. The Hall–Kier alpha value is -1.50. The molecule has 0 fully saturated rings. The second-order valence-electron chi connectivity index (χ2n) is 3.93. The molecule has 0 aliphatic heterocycles. The van der Waals surface area contributed by atoms with E-state index in [0.717, 1.165) is 6.07 Å². The van der Waals surface area contributed by atoms with Gasteiger partial charge >= 0.3 is 12.4 Å². The first-order chi connectivity index (χ1) is 8.57. The summed E-state index contributed by atoms with van der Waals surface area (Å²) in [7, 11) is 0. The molecule has 1 aromatic carbocycles. The first-order valence-electron chi connectivity index (χ1n) is 5.22. The van der Waals surface area contributed by atoms with Gasteiger partial charge in [0, 0.05) is 6.04 Å². The van der Waals surface area contributed by atoms with Crippen LogP contribution in [0.3, 0.4) is 0 Å². The molecule has 1 nitrogen and oxygen atoms in total. The summed E-state index contributed by atoms with van der Waals surface area (Å²) in [6, 6.07) is 0.391. The molecule has 0 aromatic heterocycles. The summed E-state index contributed by atoms with van der Waals surface area (Å²) >= 11 is 0. The van der Waals surface area contributed by atoms with Crippen molar-refractivity contribution in [3.05, 3.63) is 47.5 Å². The zero-order valence-electron chi connectivity index (χ0n) is 9.65. The highest BCUT2D eigenvalue weighted by Gasteiger charge is 2.38. The second-order valence-corrected chi connectivity index (χ2v) is 3.93. The van der Waals surface area contributed by atoms with Gasteiger partial charge in [-0.25, -0.2) is 0 Å². The van der Waals surface area contributed by atoms with Gasteiger partial charge in [-0.05, 0) is 24.1 Å². The highest BCUT2D eigenvalue weighted by Crippen LogP contribution is 2.39. The van der Waals surface area contributed by atoms with Crippen LogP contribution in [-0.2, 0) is 12.4 Å². The molecule has 0 aliphatic carbocycles.